The topological polar surface area (TPSA) is 40.5 Å². The van der Waals surface area contributed by atoms with Crippen LogP contribution in [0.2, 0.25) is 0 Å². The molecule has 1 saturated carbocycles. The summed E-state index contributed by atoms with van der Waals surface area (Å²) in [6.45, 7) is 0. The van der Waals surface area contributed by atoms with Crippen LogP contribution in [0.1, 0.15) is 42.4 Å². The van der Waals surface area contributed by atoms with Crippen molar-refractivity contribution in [2.75, 3.05) is 0 Å². The molecule has 0 heterocycles. The zero-order valence-electron chi connectivity index (χ0n) is 10.8. The maximum Gasteiger partial charge on any atom is 0.0802 e. The Morgan fingerprint density at radius 1 is 0.947 bits per heavy atom. The molecule has 19 heavy (non-hydrogen) atoms. The van der Waals surface area contributed by atoms with E-state index >= 15 is 0 Å². The Bertz CT molecular complexity index is 634. The summed E-state index contributed by atoms with van der Waals surface area (Å²) in [6.07, 6.45) is 1.94. The van der Waals surface area contributed by atoms with Gasteiger partial charge in [-0.05, 0) is 53.0 Å². The van der Waals surface area contributed by atoms with Gasteiger partial charge in [0.15, 0.2) is 0 Å². The molecule has 2 nitrogen and oxygen atoms in total. The van der Waals surface area contributed by atoms with Crippen LogP contribution in [-0.2, 0) is 0 Å². The fourth-order valence-corrected chi connectivity index (χ4v) is 4.14. The summed E-state index contributed by atoms with van der Waals surface area (Å²) < 4.78 is 0. The quantitative estimate of drug-likeness (QED) is 0.758. The molecule has 98 valence electrons. The van der Waals surface area contributed by atoms with Crippen molar-refractivity contribution in [1.82, 2.24) is 0 Å². The lowest BCUT2D eigenvalue weighted by molar-refractivity contribution is 0.0651. The molecule has 0 radical (unpaired) electrons. The third-order valence-corrected chi connectivity index (χ3v) is 5.02. The van der Waals surface area contributed by atoms with E-state index in [1.807, 2.05) is 12.1 Å². The van der Waals surface area contributed by atoms with E-state index in [9.17, 15) is 10.2 Å². The van der Waals surface area contributed by atoms with Crippen molar-refractivity contribution >= 4 is 10.8 Å². The van der Waals surface area contributed by atoms with Crippen molar-refractivity contribution in [2.45, 2.75) is 37.4 Å². The lowest BCUT2D eigenvalue weighted by atomic mass is 9.73. The van der Waals surface area contributed by atoms with Crippen molar-refractivity contribution in [3.63, 3.8) is 0 Å². The molecule has 2 heteroatoms. The zero-order valence-corrected chi connectivity index (χ0v) is 10.8. The predicted molar refractivity (Wildman–Crippen MR) is 75.0 cm³/mol. The molecule has 0 amide bonds. The van der Waals surface area contributed by atoms with Crippen molar-refractivity contribution in [3.8, 4) is 0 Å². The minimum Gasteiger partial charge on any atom is -0.393 e. The highest BCUT2D eigenvalue weighted by Crippen LogP contribution is 2.51. The van der Waals surface area contributed by atoms with Gasteiger partial charge in [-0.1, -0.05) is 36.4 Å². The molecule has 0 spiro atoms. The van der Waals surface area contributed by atoms with E-state index in [0.717, 1.165) is 18.4 Å². The van der Waals surface area contributed by atoms with Crippen LogP contribution in [0, 0.1) is 5.92 Å². The molecule has 2 aromatic carbocycles. The summed E-state index contributed by atoms with van der Waals surface area (Å²) in [6, 6.07) is 12.6. The highest BCUT2D eigenvalue weighted by Gasteiger charge is 2.42. The van der Waals surface area contributed by atoms with Gasteiger partial charge in [-0.2, -0.15) is 0 Å². The van der Waals surface area contributed by atoms with Gasteiger partial charge in [-0.25, -0.2) is 0 Å². The van der Waals surface area contributed by atoms with E-state index in [1.54, 1.807) is 0 Å². The van der Waals surface area contributed by atoms with Crippen LogP contribution in [0.25, 0.3) is 10.8 Å². The molecular weight excluding hydrogens is 236 g/mol. The van der Waals surface area contributed by atoms with E-state index in [1.165, 1.54) is 16.3 Å². The maximum absolute atomic E-state index is 10.5. The summed E-state index contributed by atoms with van der Waals surface area (Å²) in [7, 11) is 0. The smallest absolute Gasteiger partial charge is 0.0802 e. The second-order valence-corrected chi connectivity index (χ2v) is 5.96. The highest BCUT2D eigenvalue weighted by molar-refractivity contribution is 5.87. The summed E-state index contributed by atoms with van der Waals surface area (Å²) in [5.74, 6) is 0.668. The van der Waals surface area contributed by atoms with Crippen LogP contribution in [0.5, 0.6) is 0 Å². The molecule has 0 unspecified atom stereocenters. The van der Waals surface area contributed by atoms with Crippen LogP contribution >= 0.6 is 0 Å². The van der Waals surface area contributed by atoms with Crippen LogP contribution in [0.15, 0.2) is 36.4 Å². The van der Waals surface area contributed by atoms with Gasteiger partial charge in [0.05, 0.1) is 12.2 Å². The first-order chi connectivity index (χ1) is 9.25. The largest absolute Gasteiger partial charge is 0.393 e. The highest BCUT2D eigenvalue weighted by atomic mass is 16.3. The molecule has 2 aliphatic rings. The van der Waals surface area contributed by atoms with E-state index < -0.39 is 6.10 Å². The van der Waals surface area contributed by atoms with Crippen molar-refractivity contribution < 1.29 is 10.2 Å². The number of aliphatic hydroxyl groups is 2. The van der Waals surface area contributed by atoms with E-state index in [2.05, 4.69) is 24.3 Å². The van der Waals surface area contributed by atoms with E-state index in [-0.39, 0.29) is 12.0 Å². The van der Waals surface area contributed by atoms with Gasteiger partial charge >= 0.3 is 0 Å². The fraction of sp³-hybridized carbons (Fsp3) is 0.412. The number of hydrogen-bond acceptors (Lipinski definition) is 2. The zero-order chi connectivity index (χ0) is 13.0. The molecule has 2 aromatic rings. The minimum absolute atomic E-state index is 0.237. The molecule has 4 rings (SSSR count). The standard InChI is InChI=1S/C17H18O2/c18-15-8-7-12-13-6-5-10-3-1-2-4-11(10)17(13)16(19)9-14(12)15/h1-6,12,14-16,18-19H,7-9H2/t12-,14+,15-,16-/m1/s1. The van der Waals surface area contributed by atoms with Crippen LogP contribution < -0.4 is 0 Å². The third-order valence-electron chi connectivity index (χ3n) is 5.02. The Hall–Kier alpha value is -1.38. The average Bonchev–Trinajstić information content (AvgIpc) is 2.80. The van der Waals surface area contributed by atoms with Gasteiger partial charge in [-0.15, -0.1) is 0 Å². The second-order valence-electron chi connectivity index (χ2n) is 5.96. The Morgan fingerprint density at radius 2 is 1.79 bits per heavy atom. The van der Waals surface area contributed by atoms with Gasteiger partial charge in [0.25, 0.3) is 0 Å². The third kappa shape index (κ3) is 1.57. The molecule has 1 fully saturated rings. The predicted octanol–water partition coefficient (Wildman–Crippen LogP) is 3.13. The summed E-state index contributed by atoms with van der Waals surface area (Å²) >= 11 is 0. The molecule has 0 aromatic heterocycles. The monoisotopic (exact) mass is 254 g/mol. The number of benzene rings is 2. The Morgan fingerprint density at radius 3 is 2.68 bits per heavy atom. The van der Waals surface area contributed by atoms with Gasteiger partial charge in [0.1, 0.15) is 0 Å². The maximum atomic E-state index is 10.5. The molecule has 2 N–H and O–H groups in total. The van der Waals surface area contributed by atoms with Crippen LogP contribution in [-0.4, -0.2) is 16.3 Å². The van der Waals surface area contributed by atoms with Gasteiger partial charge < -0.3 is 10.2 Å². The normalized spacial score (nSPS) is 33.2. The van der Waals surface area contributed by atoms with E-state index in [4.69, 9.17) is 0 Å². The number of rotatable bonds is 0. The Labute approximate surface area is 112 Å². The summed E-state index contributed by atoms with van der Waals surface area (Å²) in [5, 5.41) is 22.9. The van der Waals surface area contributed by atoms with Gasteiger partial charge in [0, 0.05) is 0 Å². The summed E-state index contributed by atoms with van der Waals surface area (Å²) in [5.41, 5.74) is 2.37. The van der Waals surface area contributed by atoms with Crippen molar-refractivity contribution in [2.24, 2.45) is 5.92 Å². The molecule has 2 aliphatic carbocycles. The first kappa shape index (κ1) is 11.4. The number of aliphatic hydroxyl groups excluding tert-OH is 2. The fourth-order valence-electron chi connectivity index (χ4n) is 4.14. The lowest BCUT2D eigenvalue weighted by Crippen LogP contribution is -2.26. The van der Waals surface area contributed by atoms with Gasteiger partial charge in [-0.3, -0.25) is 0 Å². The first-order valence-electron chi connectivity index (χ1n) is 7.13. The van der Waals surface area contributed by atoms with Crippen molar-refractivity contribution in [3.05, 3.63) is 47.5 Å². The number of hydrogen-bond donors (Lipinski definition) is 2. The number of fused-ring (bicyclic) bond motifs is 5. The summed E-state index contributed by atoms with van der Waals surface area (Å²) in [4.78, 5) is 0. The minimum atomic E-state index is -0.435. The van der Waals surface area contributed by atoms with Crippen molar-refractivity contribution in [1.29, 1.82) is 0 Å². The molecule has 0 saturated heterocycles. The Kier molecular flexibility index (Phi) is 2.44. The Balaban J connectivity index is 1.96. The SMILES string of the molecule is O[C@@H]1C[C@@H]2[C@H](O)CC[C@@H]2c2ccc3ccccc3c21. The second kappa shape index (κ2) is 4.06. The average molecular weight is 254 g/mol. The van der Waals surface area contributed by atoms with Crippen LogP contribution in [0.4, 0.5) is 0 Å². The molecule has 0 aliphatic heterocycles. The molecule has 4 atom stereocenters. The lowest BCUT2D eigenvalue weighted by Gasteiger charge is -2.34. The molecular formula is C17H18O2. The van der Waals surface area contributed by atoms with Crippen LogP contribution in [0.3, 0.4) is 0 Å². The van der Waals surface area contributed by atoms with Gasteiger partial charge in [0.2, 0.25) is 0 Å². The van der Waals surface area contributed by atoms with E-state index in [0.29, 0.717) is 12.3 Å². The first-order valence-corrected chi connectivity index (χ1v) is 7.13. The molecule has 0 bridgehead atoms.